The van der Waals surface area contributed by atoms with Gasteiger partial charge in [-0.2, -0.15) is 0 Å². The fourth-order valence-corrected chi connectivity index (χ4v) is 2.82. The zero-order valence-electron chi connectivity index (χ0n) is 10.8. The van der Waals surface area contributed by atoms with E-state index in [0.717, 1.165) is 12.8 Å². The van der Waals surface area contributed by atoms with Crippen LogP contribution in [0.2, 0.25) is 10.0 Å². The summed E-state index contributed by atoms with van der Waals surface area (Å²) in [5.74, 6) is 0.0187. The number of nitrogens with one attached hydrogen (secondary N) is 1. The number of carbonyl (C=O) groups excluding carboxylic acids is 1. The molecule has 1 fully saturated rings. The van der Waals surface area contributed by atoms with E-state index >= 15 is 0 Å². The SMILES string of the molecule is O=C(CSc1nnnn1C1CC1)Nc1cc(Cl)ccc1Cl. The molecule has 9 heteroatoms. The maximum absolute atomic E-state index is 12.0. The van der Waals surface area contributed by atoms with E-state index in [9.17, 15) is 4.79 Å². The third-order valence-electron chi connectivity index (χ3n) is 2.89. The van der Waals surface area contributed by atoms with Crippen molar-refractivity contribution in [2.45, 2.75) is 24.0 Å². The van der Waals surface area contributed by atoms with Crippen LogP contribution in [0.25, 0.3) is 0 Å². The Morgan fingerprint density at radius 1 is 1.43 bits per heavy atom. The zero-order valence-corrected chi connectivity index (χ0v) is 13.1. The van der Waals surface area contributed by atoms with Gasteiger partial charge in [0.2, 0.25) is 11.1 Å². The van der Waals surface area contributed by atoms with E-state index in [2.05, 4.69) is 20.8 Å². The third kappa shape index (κ3) is 3.66. The molecular weight excluding hydrogens is 333 g/mol. The van der Waals surface area contributed by atoms with Crippen LogP contribution in [0.4, 0.5) is 5.69 Å². The van der Waals surface area contributed by atoms with Crippen molar-refractivity contribution in [3.8, 4) is 0 Å². The summed E-state index contributed by atoms with van der Waals surface area (Å²) in [6.07, 6.45) is 2.17. The number of aromatic nitrogens is 4. The van der Waals surface area contributed by atoms with Gasteiger partial charge in [0.1, 0.15) is 0 Å². The van der Waals surface area contributed by atoms with Crippen molar-refractivity contribution < 1.29 is 4.79 Å². The van der Waals surface area contributed by atoms with Gasteiger partial charge in [-0.15, -0.1) is 5.10 Å². The maximum Gasteiger partial charge on any atom is 0.234 e. The number of amides is 1. The van der Waals surface area contributed by atoms with Gasteiger partial charge in [0.05, 0.1) is 22.5 Å². The predicted molar refractivity (Wildman–Crippen MR) is 81.9 cm³/mol. The van der Waals surface area contributed by atoms with Crippen LogP contribution in [0.5, 0.6) is 0 Å². The molecule has 1 heterocycles. The summed E-state index contributed by atoms with van der Waals surface area (Å²) in [5, 5.41) is 15.8. The molecule has 110 valence electrons. The molecule has 0 bridgehead atoms. The standard InChI is InChI=1S/C12H11Cl2N5OS/c13-7-1-4-9(14)10(5-7)15-11(20)6-21-12-16-17-18-19(12)8-2-3-8/h1,4-5,8H,2-3,6H2,(H,15,20). The summed E-state index contributed by atoms with van der Waals surface area (Å²) in [6, 6.07) is 5.30. The third-order valence-corrected chi connectivity index (χ3v) is 4.39. The van der Waals surface area contributed by atoms with E-state index in [1.165, 1.54) is 11.8 Å². The lowest BCUT2D eigenvalue weighted by molar-refractivity contribution is -0.113. The molecule has 0 atom stereocenters. The Balaban J connectivity index is 1.59. The molecule has 6 nitrogen and oxygen atoms in total. The summed E-state index contributed by atoms with van der Waals surface area (Å²) in [6.45, 7) is 0. The minimum Gasteiger partial charge on any atom is -0.324 e. The minimum absolute atomic E-state index is 0.186. The van der Waals surface area contributed by atoms with Crippen LogP contribution in [0.15, 0.2) is 23.4 Å². The number of rotatable bonds is 5. The Labute approximate surface area is 135 Å². The molecular formula is C12H11Cl2N5OS. The van der Waals surface area contributed by atoms with Gasteiger partial charge in [-0.25, -0.2) is 4.68 Å². The van der Waals surface area contributed by atoms with Crippen molar-refractivity contribution in [2.24, 2.45) is 0 Å². The molecule has 1 saturated carbocycles. The summed E-state index contributed by atoms with van der Waals surface area (Å²) < 4.78 is 1.77. The van der Waals surface area contributed by atoms with Crippen LogP contribution < -0.4 is 5.32 Å². The van der Waals surface area contributed by atoms with Gasteiger partial charge in [0.25, 0.3) is 0 Å². The fourth-order valence-electron chi connectivity index (χ4n) is 1.74. The summed E-state index contributed by atoms with van der Waals surface area (Å²) >= 11 is 13.2. The normalized spacial score (nSPS) is 14.2. The maximum atomic E-state index is 12.0. The first-order valence-electron chi connectivity index (χ1n) is 6.29. The van der Waals surface area contributed by atoms with Gasteiger partial charge in [0, 0.05) is 5.02 Å². The molecule has 1 aromatic carbocycles. The molecule has 1 aliphatic carbocycles. The van der Waals surface area contributed by atoms with Gasteiger partial charge in [0.15, 0.2) is 0 Å². The number of halogens is 2. The second-order valence-corrected chi connectivity index (χ2v) is 6.38. The van der Waals surface area contributed by atoms with Gasteiger partial charge >= 0.3 is 0 Å². The van der Waals surface area contributed by atoms with E-state index in [1.54, 1.807) is 22.9 Å². The topological polar surface area (TPSA) is 72.7 Å². The highest BCUT2D eigenvalue weighted by Gasteiger charge is 2.28. The molecule has 0 saturated heterocycles. The first kappa shape index (κ1) is 14.6. The highest BCUT2D eigenvalue weighted by atomic mass is 35.5. The van der Waals surface area contributed by atoms with Crippen molar-refractivity contribution in [1.82, 2.24) is 20.2 Å². The molecule has 2 aromatic rings. The Bertz CT molecular complexity index is 673. The van der Waals surface area contributed by atoms with Crippen LogP contribution in [-0.4, -0.2) is 31.9 Å². The van der Waals surface area contributed by atoms with E-state index < -0.39 is 0 Å². The van der Waals surface area contributed by atoms with Crippen LogP contribution in [0.1, 0.15) is 18.9 Å². The summed E-state index contributed by atoms with van der Waals surface area (Å²) in [4.78, 5) is 12.0. The summed E-state index contributed by atoms with van der Waals surface area (Å²) in [5.41, 5.74) is 0.497. The molecule has 0 spiro atoms. The number of nitrogens with zero attached hydrogens (tertiary/aromatic N) is 4. The average Bonchev–Trinajstić information content (AvgIpc) is 3.19. The Morgan fingerprint density at radius 3 is 3.00 bits per heavy atom. The molecule has 21 heavy (non-hydrogen) atoms. The van der Waals surface area contributed by atoms with Gasteiger partial charge in [-0.05, 0) is 41.5 Å². The largest absolute Gasteiger partial charge is 0.324 e. The van der Waals surface area contributed by atoms with Gasteiger partial charge in [-0.3, -0.25) is 4.79 Å². The summed E-state index contributed by atoms with van der Waals surface area (Å²) in [7, 11) is 0. The average molecular weight is 344 g/mol. The molecule has 0 unspecified atom stereocenters. The van der Waals surface area contributed by atoms with Gasteiger partial charge < -0.3 is 5.32 Å². The quantitative estimate of drug-likeness (QED) is 0.844. The first-order valence-corrected chi connectivity index (χ1v) is 8.03. The van der Waals surface area contributed by atoms with Crippen molar-refractivity contribution in [3.05, 3.63) is 28.2 Å². The molecule has 1 N–H and O–H groups in total. The van der Waals surface area contributed by atoms with Crippen molar-refractivity contribution in [2.75, 3.05) is 11.1 Å². The monoisotopic (exact) mass is 343 g/mol. The Kier molecular flexibility index (Phi) is 4.32. The second kappa shape index (κ2) is 6.21. The highest BCUT2D eigenvalue weighted by Crippen LogP contribution is 2.36. The van der Waals surface area contributed by atoms with E-state index in [4.69, 9.17) is 23.2 Å². The number of hydrogen-bond donors (Lipinski definition) is 1. The number of carbonyl (C=O) groups is 1. The van der Waals surface area contributed by atoms with Crippen LogP contribution in [0.3, 0.4) is 0 Å². The number of hydrogen-bond acceptors (Lipinski definition) is 5. The fraction of sp³-hybridized carbons (Fsp3) is 0.333. The highest BCUT2D eigenvalue weighted by molar-refractivity contribution is 7.99. The molecule has 1 aromatic heterocycles. The minimum atomic E-state index is -0.186. The van der Waals surface area contributed by atoms with Crippen LogP contribution in [0, 0.1) is 0 Å². The van der Waals surface area contributed by atoms with Crippen molar-refractivity contribution >= 4 is 46.6 Å². The lowest BCUT2D eigenvalue weighted by Crippen LogP contribution is -2.15. The molecule has 3 rings (SSSR count). The Hall–Kier alpha value is -1.31. The zero-order chi connectivity index (χ0) is 14.8. The molecule has 0 radical (unpaired) electrons. The van der Waals surface area contributed by atoms with Crippen molar-refractivity contribution in [3.63, 3.8) is 0 Å². The van der Waals surface area contributed by atoms with Crippen molar-refractivity contribution in [1.29, 1.82) is 0 Å². The first-order chi connectivity index (χ1) is 10.1. The number of anilines is 1. The molecule has 0 aliphatic heterocycles. The smallest absolute Gasteiger partial charge is 0.234 e. The predicted octanol–water partition coefficient (Wildman–Crippen LogP) is 3.05. The molecule has 1 aliphatic rings. The van der Waals surface area contributed by atoms with Crippen LogP contribution >= 0.6 is 35.0 Å². The van der Waals surface area contributed by atoms with E-state index in [0.29, 0.717) is 26.9 Å². The Morgan fingerprint density at radius 2 is 2.24 bits per heavy atom. The molecule has 1 amide bonds. The number of thioether (sulfide) groups is 1. The lowest BCUT2D eigenvalue weighted by atomic mass is 10.3. The van der Waals surface area contributed by atoms with Crippen LogP contribution in [-0.2, 0) is 4.79 Å². The number of benzene rings is 1. The van der Waals surface area contributed by atoms with E-state index in [1.807, 2.05) is 0 Å². The second-order valence-electron chi connectivity index (χ2n) is 4.60. The lowest BCUT2D eigenvalue weighted by Gasteiger charge is -2.07. The van der Waals surface area contributed by atoms with E-state index in [-0.39, 0.29) is 11.7 Å². The van der Waals surface area contributed by atoms with Gasteiger partial charge in [-0.1, -0.05) is 35.0 Å². The number of tetrazole rings is 1.